The third-order valence-electron chi connectivity index (χ3n) is 2.41. The number of benzene rings is 2. The first-order valence-electron chi connectivity index (χ1n) is 5.35. The second kappa shape index (κ2) is 5.53. The average Bonchev–Trinajstić information content (AvgIpc) is 2.34. The van der Waals surface area contributed by atoms with E-state index in [2.05, 4.69) is 15.9 Å². The van der Waals surface area contributed by atoms with Gasteiger partial charge in [0.25, 0.3) is 0 Å². The Labute approximate surface area is 125 Å². The Morgan fingerprint density at radius 3 is 2.32 bits per heavy atom. The molecule has 2 rings (SSSR count). The molecule has 0 amide bonds. The molecule has 3 nitrogen and oxygen atoms in total. The Balaban J connectivity index is 2.30. The lowest BCUT2D eigenvalue weighted by Crippen LogP contribution is -2.09. The lowest BCUT2D eigenvalue weighted by Gasteiger charge is -2.08. The molecule has 0 heterocycles. The van der Waals surface area contributed by atoms with Gasteiger partial charge in [-0.15, -0.1) is 0 Å². The van der Waals surface area contributed by atoms with E-state index in [0.29, 0.717) is 9.50 Å². The van der Waals surface area contributed by atoms with Crippen molar-refractivity contribution < 1.29 is 12.6 Å². The summed E-state index contributed by atoms with van der Waals surface area (Å²) in [7, 11) is -3.82. The minimum absolute atomic E-state index is 0.115. The fourth-order valence-corrected chi connectivity index (χ4v) is 2.81. The van der Waals surface area contributed by atoms with Crippen molar-refractivity contribution in [3.63, 3.8) is 0 Å². The van der Waals surface area contributed by atoms with Crippen LogP contribution < -0.4 is 4.18 Å². The lowest BCUT2D eigenvalue weighted by atomic mass is 10.2. The smallest absolute Gasteiger partial charge is 0.339 e. The molecule has 0 saturated heterocycles. The Kier molecular flexibility index (Phi) is 4.18. The van der Waals surface area contributed by atoms with Crippen molar-refractivity contribution in [3.05, 3.63) is 57.5 Å². The van der Waals surface area contributed by atoms with E-state index in [4.69, 9.17) is 15.8 Å². The summed E-state index contributed by atoms with van der Waals surface area (Å²) in [5, 5.41) is 0.486. The largest absolute Gasteiger partial charge is 0.379 e. The molecule has 19 heavy (non-hydrogen) atoms. The summed E-state index contributed by atoms with van der Waals surface area (Å²) < 4.78 is 29.7. The van der Waals surface area contributed by atoms with Gasteiger partial charge in [-0.25, -0.2) is 0 Å². The second-order valence-electron chi connectivity index (χ2n) is 3.93. The minimum atomic E-state index is -3.82. The highest BCUT2D eigenvalue weighted by Crippen LogP contribution is 2.28. The second-order valence-corrected chi connectivity index (χ2v) is 6.73. The first-order valence-corrected chi connectivity index (χ1v) is 7.92. The summed E-state index contributed by atoms with van der Waals surface area (Å²) in [6.45, 7) is 1.88. The van der Waals surface area contributed by atoms with Gasteiger partial charge >= 0.3 is 10.1 Å². The van der Waals surface area contributed by atoms with Crippen LogP contribution in [0.2, 0.25) is 5.02 Å². The quantitative estimate of drug-likeness (QED) is 0.770. The molecule has 0 aliphatic heterocycles. The highest BCUT2D eigenvalue weighted by molar-refractivity contribution is 9.10. The van der Waals surface area contributed by atoms with Crippen molar-refractivity contribution >= 4 is 37.6 Å². The van der Waals surface area contributed by atoms with Gasteiger partial charge in [0.15, 0.2) is 0 Å². The maximum atomic E-state index is 12.0. The van der Waals surface area contributed by atoms with Crippen LogP contribution in [-0.2, 0) is 10.1 Å². The highest BCUT2D eigenvalue weighted by atomic mass is 79.9. The van der Waals surface area contributed by atoms with Gasteiger partial charge in [-0.3, -0.25) is 0 Å². The summed E-state index contributed by atoms with van der Waals surface area (Å²) in [6.07, 6.45) is 0. The van der Waals surface area contributed by atoms with E-state index in [1.165, 1.54) is 24.3 Å². The van der Waals surface area contributed by atoms with Crippen molar-refractivity contribution in [2.24, 2.45) is 0 Å². The summed E-state index contributed by atoms with van der Waals surface area (Å²) in [5.41, 5.74) is 0.980. The molecule has 0 aromatic heterocycles. The monoisotopic (exact) mass is 360 g/mol. The molecule has 0 aliphatic carbocycles. The van der Waals surface area contributed by atoms with Crippen LogP contribution in [0.4, 0.5) is 0 Å². The number of hydrogen-bond acceptors (Lipinski definition) is 3. The standard InChI is InChI=1S/C13H10BrClO3S/c1-9-2-5-11(6-3-9)19(16,17)18-10-4-7-13(15)12(14)8-10/h2-8H,1H3. The zero-order valence-electron chi connectivity index (χ0n) is 9.93. The summed E-state index contributed by atoms with van der Waals surface area (Å²) >= 11 is 9.05. The molecule has 0 N–H and O–H groups in total. The predicted molar refractivity (Wildman–Crippen MR) is 78.1 cm³/mol. The third-order valence-corrected chi connectivity index (χ3v) is 4.88. The molecule has 0 bridgehead atoms. The van der Waals surface area contributed by atoms with E-state index in [9.17, 15) is 8.42 Å². The van der Waals surface area contributed by atoms with Crippen molar-refractivity contribution in [2.75, 3.05) is 0 Å². The number of rotatable bonds is 3. The van der Waals surface area contributed by atoms with Crippen LogP contribution in [0, 0.1) is 6.92 Å². The number of aryl methyl sites for hydroxylation is 1. The van der Waals surface area contributed by atoms with Gasteiger partial charge in [0.05, 0.1) is 5.02 Å². The van der Waals surface area contributed by atoms with E-state index in [0.717, 1.165) is 5.56 Å². The fraction of sp³-hybridized carbons (Fsp3) is 0.0769. The molecule has 6 heteroatoms. The Morgan fingerprint density at radius 2 is 1.74 bits per heavy atom. The maximum absolute atomic E-state index is 12.0. The van der Waals surface area contributed by atoms with Crippen LogP contribution in [0.1, 0.15) is 5.56 Å². The molecule has 0 aliphatic rings. The SMILES string of the molecule is Cc1ccc(S(=O)(=O)Oc2ccc(Cl)c(Br)c2)cc1. The van der Waals surface area contributed by atoms with Crippen molar-refractivity contribution in [2.45, 2.75) is 11.8 Å². The molecule has 2 aromatic carbocycles. The lowest BCUT2D eigenvalue weighted by molar-refractivity contribution is 0.486. The first-order chi connectivity index (χ1) is 8.88. The Morgan fingerprint density at radius 1 is 1.11 bits per heavy atom. The van der Waals surface area contributed by atoms with Gasteiger partial charge in [-0.1, -0.05) is 29.3 Å². The van der Waals surface area contributed by atoms with Crippen molar-refractivity contribution in [3.8, 4) is 5.75 Å². The minimum Gasteiger partial charge on any atom is -0.379 e. The molecule has 0 atom stereocenters. The molecule has 0 radical (unpaired) electrons. The molecule has 0 fully saturated rings. The highest BCUT2D eigenvalue weighted by Gasteiger charge is 2.16. The van der Waals surface area contributed by atoms with Gasteiger partial charge in [-0.05, 0) is 53.2 Å². The van der Waals surface area contributed by atoms with Gasteiger partial charge in [0, 0.05) is 4.47 Å². The molecule has 100 valence electrons. The first kappa shape index (κ1) is 14.4. The van der Waals surface area contributed by atoms with Gasteiger partial charge < -0.3 is 4.18 Å². The van der Waals surface area contributed by atoms with Crippen LogP contribution in [0.5, 0.6) is 5.75 Å². The number of hydrogen-bond donors (Lipinski definition) is 0. The van der Waals surface area contributed by atoms with Gasteiger partial charge in [0.1, 0.15) is 10.6 Å². The summed E-state index contributed by atoms with van der Waals surface area (Å²) in [5.74, 6) is 0.205. The third kappa shape index (κ3) is 3.49. The van der Waals surface area contributed by atoms with E-state index < -0.39 is 10.1 Å². The van der Waals surface area contributed by atoms with Crippen LogP contribution in [0.3, 0.4) is 0 Å². The Hall–Kier alpha value is -1.04. The summed E-state index contributed by atoms with van der Waals surface area (Å²) in [6, 6.07) is 11.0. The molecular formula is C13H10BrClO3S. The van der Waals surface area contributed by atoms with Crippen LogP contribution in [0.25, 0.3) is 0 Å². The molecule has 0 unspecified atom stereocenters. The average molecular weight is 362 g/mol. The van der Waals surface area contributed by atoms with E-state index in [1.807, 2.05) is 6.92 Å². The maximum Gasteiger partial charge on any atom is 0.339 e. The zero-order valence-corrected chi connectivity index (χ0v) is 13.1. The molecular weight excluding hydrogens is 352 g/mol. The zero-order chi connectivity index (χ0) is 14.0. The predicted octanol–water partition coefficient (Wildman–Crippen LogP) is 4.18. The summed E-state index contributed by atoms with van der Waals surface area (Å²) in [4.78, 5) is 0.115. The molecule has 0 saturated carbocycles. The van der Waals surface area contributed by atoms with E-state index >= 15 is 0 Å². The van der Waals surface area contributed by atoms with Gasteiger partial charge in [0.2, 0.25) is 0 Å². The molecule has 0 spiro atoms. The molecule has 2 aromatic rings. The van der Waals surface area contributed by atoms with E-state index in [1.54, 1.807) is 18.2 Å². The topological polar surface area (TPSA) is 43.4 Å². The van der Waals surface area contributed by atoms with Crippen LogP contribution in [-0.4, -0.2) is 8.42 Å². The van der Waals surface area contributed by atoms with Crippen molar-refractivity contribution in [1.29, 1.82) is 0 Å². The number of halogens is 2. The van der Waals surface area contributed by atoms with Gasteiger partial charge in [-0.2, -0.15) is 8.42 Å². The Bertz CT molecular complexity index is 696. The van der Waals surface area contributed by atoms with Crippen LogP contribution >= 0.6 is 27.5 Å². The van der Waals surface area contributed by atoms with Crippen LogP contribution in [0.15, 0.2) is 51.8 Å². The fourth-order valence-electron chi connectivity index (χ4n) is 1.41. The van der Waals surface area contributed by atoms with Crippen molar-refractivity contribution in [1.82, 2.24) is 0 Å². The van der Waals surface area contributed by atoms with E-state index in [-0.39, 0.29) is 10.6 Å². The normalized spacial score (nSPS) is 11.3.